The second-order valence-corrected chi connectivity index (χ2v) is 7.70. The second kappa shape index (κ2) is 5.49. The number of fused-ring (bicyclic) bond motifs is 2. The third-order valence-corrected chi connectivity index (χ3v) is 5.94. The summed E-state index contributed by atoms with van der Waals surface area (Å²) in [6.45, 7) is 0. The monoisotopic (exact) mass is 316 g/mol. The Balaban J connectivity index is 2.30. The smallest absolute Gasteiger partial charge is 0.457 e. The predicted molar refractivity (Wildman–Crippen MR) is 86.1 cm³/mol. The lowest BCUT2D eigenvalue weighted by molar-refractivity contribution is -0.136. The Morgan fingerprint density at radius 1 is 0.955 bits per heavy atom. The molecule has 1 N–H and O–H groups in total. The van der Waals surface area contributed by atoms with Gasteiger partial charge in [-0.15, -0.1) is 0 Å². The molecule has 3 rings (SSSR count). The quantitative estimate of drug-likeness (QED) is 0.448. The van der Waals surface area contributed by atoms with Gasteiger partial charge in [-0.25, -0.2) is 0 Å². The van der Waals surface area contributed by atoms with Crippen LogP contribution in [0.1, 0.15) is 6.42 Å². The van der Waals surface area contributed by atoms with E-state index in [2.05, 4.69) is 0 Å². The largest absolute Gasteiger partial charge is 0.481 e. The van der Waals surface area contributed by atoms with Gasteiger partial charge in [0, 0.05) is 17.7 Å². The molecule has 0 atom stereocenters. The number of carboxylic acid groups (broad SMARTS) is 1. The summed E-state index contributed by atoms with van der Waals surface area (Å²) < 4.78 is 29.7. The van der Waals surface area contributed by atoms with Gasteiger partial charge in [0.25, 0.3) is 0 Å². The van der Waals surface area contributed by atoms with Gasteiger partial charge in [0.05, 0.1) is 0 Å². The Morgan fingerprint density at radius 2 is 1.45 bits per heavy atom. The normalized spacial score (nSPS) is 11.9. The van der Waals surface area contributed by atoms with E-state index in [1.165, 1.54) is 0 Å². The van der Waals surface area contributed by atoms with Crippen molar-refractivity contribution in [3.63, 3.8) is 0 Å². The highest BCUT2D eigenvalue weighted by atomic mass is 28.4. The Hall–Kier alpha value is -2.27. The molecule has 0 bridgehead atoms. The van der Waals surface area contributed by atoms with Gasteiger partial charge in [-0.05, 0) is 27.6 Å². The summed E-state index contributed by atoms with van der Waals surface area (Å²) in [6, 6.07) is 15.5. The summed E-state index contributed by atoms with van der Waals surface area (Å²) in [5.74, 6) is -1.18. The van der Waals surface area contributed by atoms with Gasteiger partial charge in [0.15, 0.2) is 0 Å². The van der Waals surface area contributed by atoms with E-state index in [1.807, 2.05) is 30.3 Å². The predicted octanol–water partition coefficient (Wildman–Crippen LogP) is 4.06. The molecule has 0 aromatic heterocycles. The molecule has 0 aliphatic carbocycles. The lowest BCUT2D eigenvalue weighted by Crippen LogP contribution is -2.40. The van der Waals surface area contributed by atoms with E-state index in [0.717, 1.165) is 10.8 Å². The molecule has 22 heavy (non-hydrogen) atoms. The molecule has 3 aromatic rings. The van der Waals surface area contributed by atoms with Crippen LogP contribution in [0.4, 0.5) is 8.22 Å². The van der Waals surface area contributed by atoms with E-state index in [9.17, 15) is 13.0 Å². The average molecular weight is 316 g/mol. The van der Waals surface area contributed by atoms with Crippen LogP contribution in [0.15, 0.2) is 54.6 Å². The molecule has 0 aliphatic heterocycles. The maximum absolute atomic E-state index is 14.9. The van der Waals surface area contributed by atoms with Crippen LogP contribution in [0.25, 0.3) is 21.5 Å². The van der Waals surface area contributed by atoms with Gasteiger partial charge in [0.1, 0.15) is 0 Å². The number of rotatable bonds is 4. The number of benzene rings is 3. The van der Waals surface area contributed by atoms with Crippen LogP contribution in [-0.4, -0.2) is 19.8 Å². The van der Waals surface area contributed by atoms with Crippen molar-refractivity contribution in [2.45, 2.75) is 12.5 Å². The average Bonchev–Trinajstić information content (AvgIpc) is 2.50. The fourth-order valence-corrected chi connectivity index (χ4v) is 4.82. The highest BCUT2D eigenvalue weighted by molar-refractivity contribution is 6.84. The van der Waals surface area contributed by atoms with Crippen LogP contribution in [0.2, 0.25) is 6.04 Å². The summed E-state index contributed by atoms with van der Waals surface area (Å²) in [6.07, 6.45) is -0.503. The Kier molecular flexibility index (Phi) is 3.66. The minimum absolute atomic E-state index is 0.0578. The second-order valence-electron chi connectivity index (χ2n) is 5.29. The number of hydrogen-bond donors (Lipinski definition) is 1. The number of carboxylic acids is 1. The van der Waals surface area contributed by atoms with Crippen LogP contribution >= 0.6 is 0 Å². The maximum Gasteiger partial charge on any atom is 0.457 e. The summed E-state index contributed by atoms with van der Waals surface area (Å²) in [7, 11) is -4.85. The summed E-state index contributed by atoms with van der Waals surface area (Å²) in [4.78, 5) is 10.7. The Morgan fingerprint density at radius 3 is 1.95 bits per heavy atom. The van der Waals surface area contributed by atoms with Crippen LogP contribution in [-0.2, 0) is 4.79 Å². The van der Waals surface area contributed by atoms with E-state index in [4.69, 9.17) is 5.11 Å². The first-order valence-electron chi connectivity index (χ1n) is 6.99. The topological polar surface area (TPSA) is 37.3 Å². The molecule has 0 aliphatic rings. The molecule has 0 unspecified atom stereocenters. The molecule has 0 saturated carbocycles. The van der Waals surface area contributed by atoms with E-state index in [1.54, 1.807) is 24.3 Å². The molecular weight excluding hydrogens is 302 g/mol. The number of carbonyl (C=O) groups is 1. The molecular formula is C17H14F2O2Si. The first-order chi connectivity index (χ1) is 10.5. The molecule has 0 fully saturated rings. The van der Waals surface area contributed by atoms with Crippen molar-refractivity contribution >= 4 is 41.4 Å². The summed E-state index contributed by atoms with van der Waals surface area (Å²) in [5, 5.41) is 11.4. The van der Waals surface area contributed by atoms with Crippen molar-refractivity contribution in [3.05, 3.63) is 54.6 Å². The molecule has 0 saturated heterocycles. The van der Waals surface area contributed by atoms with Crippen LogP contribution in [0.5, 0.6) is 0 Å². The first kappa shape index (κ1) is 14.7. The highest BCUT2D eigenvalue weighted by Gasteiger charge is 2.41. The number of hydrogen-bond acceptors (Lipinski definition) is 1. The van der Waals surface area contributed by atoms with Gasteiger partial charge in [-0.2, -0.15) is 0 Å². The minimum atomic E-state index is -4.85. The van der Waals surface area contributed by atoms with Crippen molar-refractivity contribution in [1.29, 1.82) is 0 Å². The molecule has 5 heteroatoms. The van der Waals surface area contributed by atoms with Crippen LogP contribution < -0.4 is 5.19 Å². The number of aliphatic carboxylic acids is 1. The van der Waals surface area contributed by atoms with E-state index >= 15 is 0 Å². The third-order valence-electron chi connectivity index (χ3n) is 3.79. The molecule has 2 nitrogen and oxygen atoms in total. The van der Waals surface area contributed by atoms with Crippen LogP contribution in [0, 0.1) is 0 Å². The molecule has 112 valence electrons. The van der Waals surface area contributed by atoms with Crippen molar-refractivity contribution < 1.29 is 18.1 Å². The Labute approximate surface area is 127 Å². The van der Waals surface area contributed by atoms with Crippen molar-refractivity contribution in [1.82, 2.24) is 0 Å². The summed E-state index contributed by atoms with van der Waals surface area (Å²) in [5.41, 5.74) is 0. The minimum Gasteiger partial charge on any atom is -0.481 e. The fourth-order valence-electron chi connectivity index (χ4n) is 2.80. The SMILES string of the molecule is O=C(O)CC[Si](F)(F)c1c2ccccc2cc2ccccc12. The highest BCUT2D eigenvalue weighted by Crippen LogP contribution is 2.28. The fraction of sp³-hybridized carbons (Fsp3) is 0.118. The van der Waals surface area contributed by atoms with Crippen LogP contribution in [0.3, 0.4) is 0 Å². The number of halogens is 2. The van der Waals surface area contributed by atoms with E-state index in [0.29, 0.717) is 10.8 Å². The zero-order chi connectivity index (χ0) is 15.7. The molecule has 0 radical (unpaired) electrons. The van der Waals surface area contributed by atoms with Crippen molar-refractivity contribution in [2.24, 2.45) is 0 Å². The zero-order valence-corrected chi connectivity index (χ0v) is 12.7. The molecule has 3 aromatic carbocycles. The summed E-state index contributed by atoms with van der Waals surface area (Å²) >= 11 is 0. The van der Waals surface area contributed by atoms with Gasteiger partial charge < -0.3 is 5.11 Å². The van der Waals surface area contributed by atoms with Crippen molar-refractivity contribution in [2.75, 3.05) is 0 Å². The standard InChI is InChI=1S/C17H14F2O2Si/c18-22(19,10-9-16(20)21)17-14-7-3-1-5-12(14)11-13-6-2-4-8-15(13)17/h1-8,11H,9-10H2,(H,20,21). The lowest BCUT2D eigenvalue weighted by atomic mass is 10.0. The van der Waals surface area contributed by atoms with E-state index in [-0.39, 0.29) is 5.19 Å². The zero-order valence-electron chi connectivity index (χ0n) is 11.7. The van der Waals surface area contributed by atoms with Gasteiger partial charge in [0.2, 0.25) is 0 Å². The first-order valence-corrected chi connectivity index (χ1v) is 8.96. The van der Waals surface area contributed by atoms with Gasteiger partial charge >= 0.3 is 14.7 Å². The third kappa shape index (κ3) is 2.59. The molecule has 0 amide bonds. The van der Waals surface area contributed by atoms with Gasteiger partial charge in [-0.1, -0.05) is 48.5 Å². The van der Waals surface area contributed by atoms with E-state index < -0.39 is 27.2 Å². The Bertz CT molecular complexity index is 808. The van der Waals surface area contributed by atoms with Gasteiger partial charge in [-0.3, -0.25) is 13.0 Å². The van der Waals surface area contributed by atoms with Crippen molar-refractivity contribution in [3.8, 4) is 0 Å². The molecule has 0 spiro atoms. The lowest BCUT2D eigenvalue weighted by Gasteiger charge is -2.18. The molecule has 0 heterocycles. The maximum atomic E-state index is 14.9.